The van der Waals surface area contributed by atoms with Crippen LogP contribution in [0.1, 0.15) is 18.1 Å². The summed E-state index contributed by atoms with van der Waals surface area (Å²) >= 11 is -1.97. The van der Waals surface area contributed by atoms with Crippen molar-refractivity contribution in [3.8, 4) is 5.75 Å². The number of benzene rings is 2. The van der Waals surface area contributed by atoms with Gasteiger partial charge in [-0.2, -0.15) is 0 Å². The van der Waals surface area contributed by atoms with Gasteiger partial charge in [-0.25, -0.2) is 0 Å². The van der Waals surface area contributed by atoms with Crippen LogP contribution < -0.4 is 4.74 Å². The normalized spacial score (nSPS) is 12.9. The number of hydrogen-bond acceptors (Lipinski definition) is 4. The molecule has 0 saturated carbocycles. The quantitative estimate of drug-likeness (QED) is 0.638. The average Bonchev–Trinajstić information content (AvgIpc) is 2.55. The molecule has 0 spiro atoms. The van der Waals surface area contributed by atoms with Gasteiger partial charge in [0.15, 0.2) is 0 Å². The molecule has 0 saturated heterocycles. The van der Waals surface area contributed by atoms with Gasteiger partial charge in [0.05, 0.1) is 0 Å². The van der Waals surface area contributed by atoms with Crippen LogP contribution in [0.3, 0.4) is 0 Å². The van der Waals surface area contributed by atoms with E-state index in [1.807, 2.05) is 54.6 Å². The first-order valence-corrected chi connectivity index (χ1v) is 13.3. The van der Waals surface area contributed by atoms with E-state index in [0.29, 0.717) is 3.93 Å². The Morgan fingerprint density at radius 1 is 1.09 bits per heavy atom. The van der Waals surface area contributed by atoms with Gasteiger partial charge in [0.1, 0.15) is 0 Å². The van der Waals surface area contributed by atoms with Crippen molar-refractivity contribution in [1.29, 1.82) is 0 Å². The number of carbonyl (C=O) groups is 1. The number of carbonyl (C=O) groups excluding carboxylic acids is 1. The van der Waals surface area contributed by atoms with Crippen LogP contribution in [0.25, 0.3) is 0 Å². The maximum absolute atomic E-state index is 11.3. The molecule has 1 N–H and O–H groups in total. The SMILES string of the molecule is COc1ccc(C(O)([CH2][Hg][O]C(C)=O)c2ccccc2)cc1. The van der Waals surface area contributed by atoms with Crippen molar-refractivity contribution in [3.63, 3.8) is 0 Å². The van der Waals surface area contributed by atoms with E-state index < -0.39 is 30.6 Å². The molecule has 1 atom stereocenters. The second kappa shape index (κ2) is 7.74. The van der Waals surface area contributed by atoms with E-state index in [9.17, 15) is 9.90 Å². The fourth-order valence-corrected chi connectivity index (χ4v) is 7.29. The van der Waals surface area contributed by atoms with Gasteiger partial charge in [0.2, 0.25) is 0 Å². The van der Waals surface area contributed by atoms with E-state index in [1.54, 1.807) is 7.11 Å². The molecular formula is C17H18HgO4. The standard InChI is InChI=1S/C15H15O2.C2H4O2.Hg/c1-15(16,12-6-4-3-5-7-12)13-8-10-14(17-2)11-9-13;1-2(3)4;/h3-11,16H,1H2,2H3;1H3,(H,3,4);/q;;+1/p-1. The summed E-state index contributed by atoms with van der Waals surface area (Å²) in [6.45, 7) is 1.41. The van der Waals surface area contributed by atoms with Gasteiger partial charge < -0.3 is 0 Å². The van der Waals surface area contributed by atoms with Gasteiger partial charge in [-0.15, -0.1) is 0 Å². The predicted octanol–water partition coefficient (Wildman–Crippen LogP) is 2.91. The van der Waals surface area contributed by atoms with E-state index in [4.69, 9.17) is 7.38 Å². The van der Waals surface area contributed by atoms with Gasteiger partial charge in [0.25, 0.3) is 0 Å². The third-order valence-electron chi connectivity index (χ3n) is 3.59. The molecule has 5 heteroatoms. The fraction of sp³-hybridized carbons (Fsp3) is 0.235. The van der Waals surface area contributed by atoms with Crippen LogP contribution in [0.15, 0.2) is 54.6 Å². The first kappa shape index (κ1) is 17.0. The average molecular weight is 487 g/mol. The zero-order valence-corrected chi connectivity index (χ0v) is 18.3. The summed E-state index contributed by atoms with van der Waals surface area (Å²) in [4.78, 5) is 11.0. The second-order valence-electron chi connectivity index (χ2n) is 5.04. The minimum atomic E-state index is -1.97. The Hall–Kier alpha value is -1.39. The van der Waals surface area contributed by atoms with E-state index in [2.05, 4.69) is 0 Å². The van der Waals surface area contributed by atoms with Crippen molar-refractivity contribution in [2.45, 2.75) is 16.5 Å². The topological polar surface area (TPSA) is 55.8 Å². The summed E-state index contributed by atoms with van der Waals surface area (Å²) in [5.41, 5.74) is 0.476. The zero-order chi connectivity index (χ0) is 16.0. The molecule has 0 heterocycles. The fourth-order valence-electron chi connectivity index (χ4n) is 2.38. The maximum atomic E-state index is 11.3. The van der Waals surface area contributed by atoms with Gasteiger partial charge in [-0.1, -0.05) is 0 Å². The Balaban J connectivity index is 2.33. The molecule has 0 aliphatic rings. The minimum absolute atomic E-state index is 0.258. The molecule has 0 aliphatic heterocycles. The molecular weight excluding hydrogens is 469 g/mol. The summed E-state index contributed by atoms with van der Waals surface area (Å²) in [7, 11) is 1.61. The second-order valence-corrected chi connectivity index (χ2v) is 9.70. The van der Waals surface area contributed by atoms with Crippen molar-refractivity contribution in [1.82, 2.24) is 0 Å². The molecule has 112 valence electrons. The van der Waals surface area contributed by atoms with Gasteiger partial charge in [-0.3, -0.25) is 0 Å². The summed E-state index contributed by atoms with van der Waals surface area (Å²) in [6.07, 6.45) is 0. The monoisotopic (exact) mass is 488 g/mol. The summed E-state index contributed by atoms with van der Waals surface area (Å²) in [6, 6.07) is 16.9. The van der Waals surface area contributed by atoms with Crippen LogP contribution in [0.4, 0.5) is 0 Å². The molecule has 0 amide bonds. The van der Waals surface area contributed by atoms with E-state index in [-0.39, 0.29) is 5.97 Å². The number of hydrogen-bond donors (Lipinski definition) is 1. The molecule has 4 nitrogen and oxygen atoms in total. The molecule has 0 aliphatic carbocycles. The van der Waals surface area contributed by atoms with Crippen LogP contribution in [0.5, 0.6) is 5.75 Å². The molecule has 2 aromatic rings. The number of rotatable bonds is 6. The summed E-state index contributed by atoms with van der Waals surface area (Å²) in [5.74, 6) is 0.482. The Morgan fingerprint density at radius 2 is 1.68 bits per heavy atom. The van der Waals surface area contributed by atoms with E-state index in [1.165, 1.54) is 6.92 Å². The third-order valence-corrected chi connectivity index (χ3v) is 9.57. The first-order valence-electron chi connectivity index (χ1n) is 7.12. The number of aliphatic hydroxyl groups is 1. The summed E-state index contributed by atoms with van der Waals surface area (Å²) in [5, 5.41) is 11.3. The van der Waals surface area contributed by atoms with Crippen molar-refractivity contribution < 1.29 is 42.3 Å². The summed E-state index contributed by atoms with van der Waals surface area (Å²) < 4.78 is 10.9. The van der Waals surface area contributed by atoms with Crippen molar-refractivity contribution in [2.24, 2.45) is 0 Å². The molecule has 1 unspecified atom stereocenters. The molecule has 0 radical (unpaired) electrons. The van der Waals surface area contributed by atoms with Crippen LogP contribution in [-0.2, 0) is 38.1 Å². The Bertz CT molecular complexity index is 612. The van der Waals surface area contributed by atoms with Gasteiger partial charge >= 0.3 is 143 Å². The van der Waals surface area contributed by atoms with E-state index >= 15 is 0 Å². The van der Waals surface area contributed by atoms with Gasteiger partial charge in [-0.05, 0) is 0 Å². The van der Waals surface area contributed by atoms with Crippen LogP contribution >= 0.6 is 0 Å². The first-order chi connectivity index (χ1) is 10.6. The molecule has 0 bridgehead atoms. The van der Waals surface area contributed by atoms with E-state index in [0.717, 1.165) is 16.9 Å². The molecule has 22 heavy (non-hydrogen) atoms. The predicted molar refractivity (Wildman–Crippen MR) is 79.0 cm³/mol. The molecule has 0 aromatic heterocycles. The van der Waals surface area contributed by atoms with Crippen molar-refractivity contribution in [2.75, 3.05) is 7.11 Å². The number of methoxy groups -OCH3 is 1. The number of ether oxygens (including phenoxy) is 1. The molecule has 2 rings (SSSR count). The van der Waals surface area contributed by atoms with Crippen LogP contribution in [0.2, 0.25) is 3.93 Å². The van der Waals surface area contributed by atoms with Crippen LogP contribution in [0, 0.1) is 0 Å². The Labute approximate surface area is 143 Å². The van der Waals surface area contributed by atoms with Crippen molar-refractivity contribution >= 4 is 5.97 Å². The Morgan fingerprint density at radius 3 is 2.23 bits per heavy atom. The zero-order valence-electron chi connectivity index (χ0n) is 12.8. The Kier molecular flexibility index (Phi) is 5.97. The molecule has 0 fully saturated rings. The third kappa shape index (κ3) is 4.08. The molecule has 2 aromatic carbocycles. The van der Waals surface area contributed by atoms with Crippen LogP contribution in [-0.4, -0.2) is 18.2 Å². The van der Waals surface area contributed by atoms with Crippen molar-refractivity contribution in [3.05, 3.63) is 65.7 Å². The van der Waals surface area contributed by atoms with Gasteiger partial charge in [0, 0.05) is 0 Å².